The standard InChI is InChI=1S/C26H37N2O8/c1-7-27-12-9-8-10-21(27)16-28(19(2)29)26(30)36-18-22(31-3)17-35-13-11-20-14-23(32-4)25(34-6)24(15-20)33-5/h8-10,12,14-15,22H,7,11,13,16-18H2,1-6H3/q+1. The molecule has 0 aliphatic carbocycles. The topological polar surface area (TPSA) is 96.6 Å². The number of aryl methyl sites for hydroxylation is 1. The molecule has 0 N–H and O–H groups in total. The van der Waals surface area contributed by atoms with Crippen molar-refractivity contribution in [2.75, 3.05) is 48.3 Å². The molecular weight excluding hydrogens is 468 g/mol. The zero-order valence-corrected chi connectivity index (χ0v) is 21.9. The molecule has 198 valence electrons. The summed E-state index contributed by atoms with van der Waals surface area (Å²) >= 11 is 0. The fraction of sp³-hybridized carbons (Fsp3) is 0.500. The smallest absolute Gasteiger partial charge is 0.417 e. The quantitative estimate of drug-likeness (QED) is 0.286. The summed E-state index contributed by atoms with van der Waals surface area (Å²) in [5.74, 6) is 1.27. The van der Waals surface area contributed by atoms with Gasteiger partial charge in [0.1, 0.15) is 25.8 Å². The van der Waals surface area contributed by atoms with Crippen LogP contribution >= 0.6 is 0 Å². The first kappa shape index (κ1) is 28.9. The molecular formula is C26H37N2O8+. The molecule has 1 heterocycles. The highest BCUT2D eigenvalue weighted by Gasteiger charge is 2.25. The van der Waals surface area contributed by atoms with Crippen LogP contribution in [0.1, 0.15) is 25.1 Å². The van der Waals surface area contributed by atoms with Crippen LogP contribution in [-0.4, -0.2) is 71.3 Å². The number of nitrogens with zero attached hydrogens (tertiary/aromatic N) is 2. The summed E-state index contributed by atoms with van der Waals surface area (Å²) in [4.78, 5) is 25.8. The van der Waals surface area contributed by atoms with Crippen molar-refractivity contribution in [1.29, 1.82) is 0 Å². The number of imide groups is 1. The van der Waals surface area contributed by atoms with Crippen molar-refractivity contribution in [1.82, 2.24) is 4.90 Å². The number of carbonyl (C=O) groups is 2. The number of aromatic nitrogens is 1. The van der Waals surface area contributed by atoms with Gasteiger partial charge in [-0.1, -0.05) is 6.07 Å². The first-order chi connectivity index (χ1) is 17.4. The fourth-order valence-electron chi connectivity index (χ4n) is 3.54. The van der Waals surface area contributed by atoms with Gasteiger partial charge in [-0.05, 0) is 31.0 Å². The van der Waals surface area contributed by atoms with E-state index in [-0.39, 0.29) is 19.8 Å². The first-order valence-electron chi connectivity index (χ1n) is 11.7. The van der Waals surface area contributed by atoms with Crippen molar-refractivity contribution in [3.8, 4) is 17.2 Å². The highest BCUT2D eigenvalue weighted by Crippen LogP contribution is 2.38. The van der Waals surface area contributed by atoms with Crippen molar-refractivity contribution in [2.45, 2.75) is 39.5 Å². The zero-order chi connectivity index (χ0) is 26.5. The van der Waals surface area contributed by atoms with Gasteiger partial charge in [-0.25, -0.2) is 14.3 Å². The lowest BCUT2D eigenvalue weighted by Crippen LogP contribution is -2.43. The summed E-state index contributed by atoms with van der Waals surface area (Å²) in [7, 11) is 6.20. The highest BCUT2D eigenvalue weighted by molar-refractivity contribution is 5.90. The van der Waals surface area contributed by atoms with E-state index in [4.69, 9.17) is 28.4 Å². The number of carbonyl (C=O) groups excluding carboxylic acids is 2. The van der Waals surface area contributed by atoms with Gasteiger partial charge in [0.05, 0.1) is 34.5 Å². The minimum atomic E-state index is -0.728. The van der Waals surface area contributed by atoms with E-state index < -0.39 is 18.1 Å². The maximum Gasteiger partial charge on any atom is 0.417 e. The lowest BCUT2D eigenvalue weighted by atomic mass is 10.1. The van der Waals surface area contributed by atoms with Gasteiger partial charge in [0, 0.05) is 26.2 Å². The van der Waals surface area contributed by atoms with Crippen molar-refractivity contribution in [2.24, 2.45) is 0 Å². The highest BCUT2D eigenvalue weighted by atomic mass is 16.6. The van der Waals surface area contributed by atoms with Crippen molar-refractivity contribution in [3.63, 3.8) is 0 Å². The van der Waals surface area contributed by atoms with Gasteiger partial charge in [-0.15, -0.1) is 0 Å². The molecule has 0 spiro atoms. The maximum atomic E-state index is 12.6. The van der Waals surface area contributed by atoms with Crippen LogP contribution in [0.4, 0.5) is 4.79 Å². The van der Waals surface area contributed by atoms with Crippen LogP contribution < -0.4 is 18.8 Å². The van der Waals surface area contributed by atoms with Gasteiger partial charge in [0.25, 0.3) is 0 Å². The van der Waals surface area contributed by atoms with Crippen LogP contribution in [0.5, 0.6) is 17.2 Å². The number of pyridine rings is 1. The third kappa shape index (κ3) is 8.10. The van der Waals surface area contributed by atoms with Crippen LogP contribution in [0.2, 0.25) is 0 Å². The van der Waals surface area contributed by atoms with E-state index in [0.29, 0.717) is 30.3 Å². The van der Waals surface area contributed by atoms with E-state index in [1.165, 1.54) is 14.0 Å². The molecule has 2 aromatic rings. The molecule has 0 bridgehead atoms. The Morgan fingerprint density at radius 1 is 1.00 bits per heavy atom. The molecule has 36 heavy (non-hydrogen) atoms. The summed E-state index contributed by atoms with van der Waals surface area (Å²) in [6.45, 7) is 4.72. The Kier molecular flexibility index (Phi) is 11.9. The van der Waals surface area contributed by atoms with Gasteiger partial charge in [0.15, 0.2) is 17.7 Å². The van der Waals surface area contributed by atoms with Crippen molar-refractivity contribution >= 4 is 12.0 Å². The Morgan fingerprint density at radius 3 is 2.25 bits per heavy atom. The lowest BCUT2D eigenvalue weighted by Gasteiger charge is -2.20. The van der Waals surface area contributed by atoms with Crippen molar-refractivity contribution in [3.05, 3.63) is 47.8 Å². The Morgan fingerprint density at radius 2 is 1.69 bits per heavy atom. The van der Waals surface area contributed by atoms with Crippen LogP contribution in [0.25, 0.3) is 0 Å². The molecule has 0 fully saturated rings. The number of amides is 2. The molecule has 1 unspecified atom stereocenters. The van der Waals surface area contributed by atoms with Crippen LogP contribution in [0.3, 0.4) is 0 Å². The summed E-state index contributed by atoms with van der Waals surface area (Å²) in [5.41, 5.74) is 1.78. The average molecular weight is 506 g/mol. The second-order valence-electron chi connectivity index (χ2n) is 7.88. The van der Waals surface area contributed by atoms with Crippen molar-refractivity contribution < 1.29 is 42.6 Å². The molecule has 1 aromatic carbocycles. The Hall–Kier alpha value is -3.37. The molecule has 0 saturated heterocycles. The Bertz CT molecular complexity index is 973. The van der Waals surface area contributed by atoms with E-state index >= 15 is 0 Å². The van der Waals surface area contributed by atoms with E-state index in [1.54, 1.807) is 21.3 Å². The third-order valence-electron chi connectivity index (χ3n) is 5.59. The molecule has 1 aromatic heterocycles. The Balaban J connectivity index is 1.87. The van der Waals surface area contributed by atoms with E-state index in [0.717, 1.165) is 22.7 Å². The summed E-state index contributed by atoms with van der Waals surface area (Å²) in [5, 5.41) is 0. The van der Waals surface area contributed by atoms with E-state index in [9.17, 15) is 9.59 Å². The van der Waals surface area contributed by atoms with Gasteiger partial charge in [-0.2, -0.15) is 0 Å². The minimum Gasteiger partial charge on any atom is -0.493 e. The first-order valence-corrected chi connectivity index (χ1v) is 11.7. The molecule has 0 saturated carbocycles. The molecule has 10 nitrogen and oxygen atoms in total. The second-order valence-corrected chi connectivity index (χ2v) is 7.88. The van der Waals surface area contributed by atoms with E-state index in [1.807, 2.05) is 48.0 Å². The average Bonchev–Trinajstić information content (AvgIpc) is 2.90. The largest absolute Gasteiger partial charge is 0.493 e. The molecule has 0 aliphatic rings. The zero-order valence-electron chi connectivity index (χ0n) is 21.9. The molecule has 2 rings (SSSR count). The van der Waals surface area contributed by atoms with Gasteiger partial charge in [0.2, 0.25) is 17.4 Å². The Labute approximate surface area is 212 Å². The van der Waals surface area contributed by atoms with Gasteiger partial charge < -0.3 is 28.4 Å². The number of ether oxygens (including phenoxy) is 6. The second kappa shape index (κ2) is 14.9. The van der Waals surface area contributed by atoms with Gasteiger partial charge in [-0.3, -0.25) is 4.79 Å². The summed E-state index contributed by atoms with van der Waals surface area (Å²) < 4.78 is 34.6. The molecule has 10 heteroatoms. The molecule has 0 radical (unpaired) electrons. The SMILES string of the molecule is CC[n+]1ccccc1CN(C(C)=O)C(=O)OCC(COCCc1cc(OC)c(OC)c(OC)c1)OC. The number of rotatable bonds is 14. The summed E-state index contributed by atoms with van der Waals surface area (Å²) in [6.07, 6.45) is 1.28. The van der Waals surface area contributed by atoms with Gasteiger partial charge >= 0.3 is 6.09 Å². The normalized spacial score (nSPS) is 11.5. The minimum absolute atomic E-state index is 0.0497. The number of hydrogen-bond acceptors (Lipinski definition) is 8. The summed E-state index contributed by atoms with van der Waals surface area (Å²) in [6, 6.07) is 9.36. The van der Waals surface area contributed by atoms with Crippen LogP contribution in [0.15, 0.2) is 36.5 Å². The van der Waals surface area contributed by atoms with Crippen LogP contribution in [-0.2, 0) is 38.5 Å². The van der Waals surface area contributed by atoms with Crippen LogP contribution in [0, 0.1) is 0 Å². The number of methoxy groups -OCH3 is 4. The third-order valence-corrected chi connectivity index (χ3v) is 5.59. The molecule has 0 aliphatic heterocycles. The van der Waals surface area contributed by atoms with E-state index in [2.05, 4.69) is 0 Å². The molecule has 1 atom stereocenters. The lowest BCUT2D eigenvalue weighted by molar-refractivity contribution is -0.701. The maximum absolute atomic E-state index is 12.6. The predicted molar refractivity (Wildman–Crippen MR) is 131 cm³/mol. The fourth-order valence-corrected chi connectivity index (χ4v) is 3.54. The molecule has 2 amide bonds. The monoisotopic (exact) mass is 505 g/mol. The number of benzene rings is 1. The predicted octanol–water partition coefficient (Wildman–Crippen LogP) is 2.78. The number of hydrogen-bond donors (Lipinski definition) is 0.